The summed E-state index contributed by atoms with van der Waals surface area (Å²) >= 11 is 3.31. The number of carboxylic acid groups (broad SMARTS) is 1. The van der Waals surface area contributed by atoms with Crippen LogP contribution in [0.1, 0.15) is 26.3 Å². The molecule has 2 aromatic carbocycles. The summed E-state index contributed by atoms with van der Waals surface area (Å²) in [5, 5.41) is 12.1. The molecule has 0 aliphatic carbocycles. The van der Waals surface area contributed by atoms with Gasteiger partial charge in [0.05, 0.1) is 5.56 Å². The first-order valence-electron chi connectivity index (χ1n) is 6.00. The molecule has 2 aromatic rings. The van der Waals surface area contributed by atoms with Gasteiger partial charge in [0.1, 0.15) is 5.82 Å². The predicted molar refractivity (Wildman–Crippen MR) is 80.4 cm³/mol. The molecule has 6 heteroatoms. The van der Waals surface area contributed by atoms with Crippen molar-refractivity contribution in [2.75, 3.05) is 5.32 Å². The molecule has 0 bridgehead atoms. The number of anilines is 1. The van der Waals surface area contributed by atoms with Gasteiger partial charge in [-0.2, -0.15) is 0 Å². The number of nitrogens with one attached hydrogen (secondary N) is 1. The van der Waals surface area contributed by atoms with Crippen molar-refractivity contribution < 1.29 is 19.1 Å². The predicted octanol–water partition coefficient (Wildman–Crippen LogP) is 3.67. The number of halogens is 2. The summed E-state index contributed by atoms with van der Waals surface area (Å²) in [6.07, 6.45) is 0. The maximum atomic E-state index is 13.3. The normalized spacial score (nSPS) is 10.2. The fourth-order valence-corrected chi connectivity index (χ4v) is 2.09. The van der Waals surface area contributed by atoms with Gasteiger partial charge in [0.25, 0.3) is 5.91 Å². The van der Waals surface area contributed by atoms with Gasteiger partial charge in [-0.1, -0.05) is 28.1 Å². The highest BCUT2D eigenvalue weighted by Crippen LogP contribution is 2.16. The Morgan fingerprint density at radius 3 is 2.38 bits per heavy atom. The van der Waals surface area contributed by atoms with Crippen LogP contribution >= 0.6 is 15.9 Å². The van der Waals surface area contributed by atoms with Crippen molar-refractivity contribution >= 4 is 33.5 Å². The summed E-state index contributed by atoms with van der Waals surface area (Å²) in [4.78, 5) is 22.9. The molecule has 0 spiro atoms. The van der Waals surface area contributed by atoms with Crippen LogP contribution in [0, 0.1) is 5.82 Å². The van der Waals surface area contributed by atoms with Crippen LogP contribution in [0.4, 0.5) is 10.1 Å². The molecule has 1 amide bonds. The molecule has 108 valence electrons. The van der Waals surface area contributed by atoms with Crippen molar-refractivity contribution in [2.45, 2.75) is 5.33 Å². The molecule has 0 atom stereocenters. The van der Waals surface area contributed by atoms with Gasteiger partial charge in [0.2, 0.25) is 0 Å². The minimum atomic E-state index is -1.38. The molecular weight excluding hydrogens is 341 g/mol. The maximum Gasteiger partial charge on any atom is 0.338 e. The van der Waals surface area contributed by atoms with Crippen molar-refractivity contribution in [3.63, 3.8) is 0 Å². The van der Waals surface area contributed by atoms with Crippen molar-refractivity contribution in [1.29, 1.82) is 0 Å². The molecule has 0 saturated carbocycles. The standard InChI is InChI=1S/C15H11BrFNO3/c16-8-9-1-3-10(4-2-9)14(19)18-11-5-6-13(17)12(7-11)15(20)21/h1-7H,8H2,(H,18,19)(H,20,21). The van der Waals surface area contributed by atoms with Crippen molar-refractivity contribution in [3.8, 4) is 0 Å². The van der Waals surface area contributed by atoms with E-state index >= 15 is 0 Å². The Balaban J connectivity index is 2.19. The van der Waals surface area contributed by atoms with Crippen LogP contribution in [-0.2, 0) is 5.33 Å². The van der Waals surface area contributed by atoms with Crippen molar-refractivity contribution in [2.24, 2.45) is 0 Å². The summed E-state index contributed by atoms with van der Waals surface area (Å²) in [5.41, 5.74) is 1.20. The summed E-state index contributed by atoms with van der Waals surface area (Å²) in [6, 6.07) is 10.3. The summed E-state index contributed by atoms with van der Waals surface area (Å²) in [5.74, 6) is -2.62. The first-order valence-corrected chi connectivity index (χ1v) is 7.12. The summed E-state index contributed by atoms with van der Waals surface area (Å²) < 4.78 is 13.3. The molecule has 0 unspecified atom stereocenters. The number of carbonyl (C=O) groups excluding carboxylic acids is 1. The lowest BCUT2D eigenvalue weighted by Gasteiger charge is -2.07. The Labute approximate surface area is 128 Å². The van der Waals surface area contributed by atoms with Gasteiger partial charge < -0.3 is 10.4 Å². The number of rotatable bonds is 4. The number of hydrogen-bond donors (Lipinski definition) is 2. The molecule has 0 radical (unpaired) electrons. The molecule has 2 rings (SSSR count). The van der Waals surface area contributed by atoms with E-state index in [9.17, 15) is 14.0 Å². The molecule has 0 aromatic heterocycles. The molecular formula is C15H11BrFNO3. The molecule has 0 fully saturated rings. The van der Waals surface area contributed by atoms with E-state index in [0.717, 1.165) is 17.7 Å². The zero-order chi connectivity index (χ0) is 15.4. The lowest BCUT2D eigenvalue weighted by molar-refractivity contribution is 0.0691. The lowest BCUT2D eigenvalue weighted by Crippen LogP contribution is -2.13. The van der Waals surface area contributed by atoms with Gasteiger partial charge in [-0.3, -0.25) is 4.79 Å². The topological polar surface area (TPSA) is 66.4 Å². The number of aromatic carboxylic acids is 1. The zero-order valence-corrected chi connectivity index (χ0v) is 12.4. The second-order valence-electron chi connectivity index (χ2n) is 4.28. The summed E-state index contributed by atoms with van der Waals surface area (Å²) in [7, 11) is 0. The fourth-order valence-electron chi connectivity index (χ4n) is 1.72. The first-order chi connectivity index (χ1) is 10.0. The average molecular weight is 352 g/mol. The van der Waals surface area contributed by atoms with Crippen LogP contribution in [0.5, 0.6) is 0 Å². The summed E-state index contributed by atoms with van der Waals surface area (Å²) in [6.45, 7) is 0. The third kappa shape index (κ3) is 3.66. The SMILES string of the molecule is O=C(Nc1ccc(F)c(C(=O)O)c1)c1ccc(CBr)cc1. The van der Waals surface area contributed by atoms with E-state index < -0.39 is 17.3 Å². The number of carbonyl (C=O) groups is 2. The van der Waals surface area contributed by atoms with Crippen molar-refractivity contribution in [1.82, 2.24) is 0 Å². The second-order valence-corrected chi connectivity index (χ2v) is 4.85. The lowest BCUT2D eigenvalue weighted by atomic mass is 10.1. The Bertz CT molecular complexity index is 686. The molecule has 0 saturated heterocycles. The fraction of sp³-hybridized carbons (Fsp3) is 0.0667. The third-order valence-electron chi connectivity index (χ3n) is 2.83. The van der Waals surface area contributed by atoms with E-state index in [1.54, 1.807) is 24.3 Å². The second kappa shape index (κ2) is 6.49. The average Bonchev–Trinajstić information content (AvgIpc) is 2.49. The van der Waals surface area contributed by atoms with E-state index in [4.69, 9.17) is 5.11 Å². The zero-order valence-electron chi connectivity index (χ0n) is 10.8. The highest BCUT2D eigenvalue weighted by Gasteiger charge is 2.12. The number of alkyl halides is 1. The van der Waals surface area contributed by atoms with Gasteiger partial charge >= 0.3 is 5.97 Å². The van der Waals surface area contributed by atoms with E-state index in [2.05, 4.69) is 21.2 Å². The van der Waals surface area contributed by atoms with Crippen LogP contribution in [0.2, 0.25) is 0 Å². The molecule has 0 aliphatic heterocycles. The Morgan fingerprint density at radius 1 is 1.14 bits per heavy atom. The van der Waals surface area contributed by atoms with E-state index in [0.29, 0.717) is 10.9 Å². The van der Waals surface area contributed by atoms with Gasteiger partial charge in [-0.05, 0) is 35.9 Å². The number of hydrogen-bond acceptors (Lipinski definition) is 2. The monoisotopic (exact) mass is 351 g/mol. The highest BCUT2D eigenvalue weighted by molar-refractivity contribution is 9.08. The van der Waals surface area contributed by atoms with Crippen LogP contribution in [0.15, 0.2) is 42.5 Å². The van der Waals surface area contributed by atoms with E-state index in [1.807, 2.05) is 0 Å². The van der Waals surface area contributed by atoms with E-state index in [1.165, 1.54) is 6.07 Å². The van der Waals surface area contributed by atoms with Crippen molar-refractivity contribution in [3.05, 3.63) is 65.0 Å². The Morgan fingerprint density at radius 2 is 1.81 bits per heavy atom. The maximum absolute atomic E-state index is 13.3. The molecule has 0 heterocycles. The van der Waals surface area contributed by atoms with Gasteiger partial charge in [-0.25, -0.2) is 9.18 Å². The van der Waals surface area contributed by atoms with Gasteiger partial charge in [0.15, 0.2) is 0 Å². The highest BCUT2D eigenvalue weighted by atomic mass is 79.9. The van der Waals surface area contributed by atoms with Crippen LogP contribution in [-0.4, -0.2) is 17.0 Å². The number of carboxylic acids is 1. The largest absolute Gasteiger partial charge is 0.478 e. The minimum absolute atomic E-state index is 0.225. The van der Waals surface area contributed by atoms with Crippen LogP contribution < -0.4 is 5.32 Å². The van der Waals surface area contributed by atoms with Gasteiger partial charge in [-0.15, -0.1) is 0 Å². The quantitative estimate of drug-likeness (QED) is 0.825. The third-order valence-corrected chi connectivity index (χ3v) is 3.47. The smallest absolute Gasteiger partial charge is 0.338 e. The van der Waals surface area contributed by atoms with Crippen LogP contribution in [0.3, 0.4) is 0 Å². The Kier molecular flexibility index (Phi) is 4.70. The Hall–Kier alpha value is -2.21. The molecule has 2 N–H and O–H groups in total. The molecule has 4 nitrogen and oxygen atoms in total. The first kappa shape index (κ1) is 15.2. The molecule has 0 aliphatic rings. The number of amides is 1. The van der Waals surface area contributed by atoms with Crippen LogP contribution in [0.25, 0.3) is 0 Å². The van der Waals surface area contributed by atoms with Gasteiger partial charge in [0, 0.05) is 16.6 Å². The minimum Gasteiger partial charge on any atom is -0.478 e. The van der Waals surface area contributed by atoms with E-state index in [-0.39, 0.29) is 11.6 Å². The number of benzene rings is 2. The molecule has 21 heavy (non-hydrogen) atoms.